The van der Waals surface area contributed by atoms with Crippen LogP contribution < -0.4 is 5.32 Å². The average molecular weight is 221 g/mol. The van der Waals surface area contributed by atoms with E-state index in [9.17, 15) is 0 Å². The zero-order valence-corrected chi connectivity index (χ0v) is 10.4. The topological polar surface area (TPSA) is 29.9 Å². The lowest BCUT2D eigenvalue weighted by Gasteiger charge is -2.26. The van der Waals surface area contributed by atoms with E-state index in [2.05, 4.69) is 23.5 Å². The van der Waals surface area contributed by atoms with Crippen molar-refractivity contribution in [3.8, 4) is 0 Å². The Labute approximate surface area is 98.2 Å². The summed E-state index contributed by atoms with van der Waals surface area (Å²) in [6.45, 7) is 0. The molecule has 1 aliphatic rings. The monoisotopic (exact) mass is 221 g/mol. The van der Waals surface area contributed by atoms with Gasteiger partial charge in [0.15, 0.2) is 0 Å². The van der Waals surface area contributed by atoms with Crippen LogP contribution in [-0.4, -0.2) is 16.8 Å². The molecule has 3 nitrogen and oxygen atoms in total. The summed E-state index contributed by atoms with van der Waals surface area (Å²) in [5.74, 6) is 0.904. The first kappa shape index (κ1) is 11.6. The Balaban J connectivity index is 1.97. The summed E-state index contributed by atoms with van der Waals surface area (Å²) in [6.07, 6.45) is 10.3. The summed E-state index contributed by atoms with van der Waals surface area (Å²) in [5.41, 5.74) is 1.31. The van der Waals surface area contributed by atoms with E-state index in [4.69, 9.17) is 0 Å². The smallest absolute Gasteiger partial charge is 0.0550 e. The molecule has 3 heteroatoms. The van der Waals surface area contributed by atoms with Crippen LogP contribution >= 0.6 is 0 Å². The Bertz CT molecular complexity index is 313. The molecular formula is C13H23N3. The summed E-state index contributed by atoms with van der Waals surface area (Å²) in [7, 11) is 4.08. The third-order valence-electron chi connectivity index (χ3n) is 3.86. The number of nitrogens with zero attached hydrogens (tertiary/aromatic N) is 2. The van der Waals surface area contributed by atoms with Crippen LogP contribution in [0.15, 0.2) is 12.3 Å². The number of aromatic nitrogens is 2. The molecular weight excluding hydrogens is 198 g/mol. The summed E-state index contributed by atoms with van der Waals surface area (Å²) >= 11 is 0. The highest BCUT2D eigenvalue weighted by Crippen LogP contribution is 2.31. The second-order valence-corrected chi connectivity index (χ2v) is 4.96. The summed E-state index contributed by atoms with van der Waals surface area (Å²) in [6, 6.07) is 2.60. The highest BCUT2D eigenvalue weighted by Gasteiger charge is 2.20. The average Bonchev–Trinajstić information content (AvgIpc) is 2.74. The fourth-order valence-electron chi connectivity index (χ4n) is 2.87. The van der Waals surface area contributed by atoms with Gasteiger partial charge in [0.2, 0.25) is 0 Å². The van der Waals surface area contributed by atoms with E-state index in [-0.39, 0.29) is 0 Å². The molecule has 0 spiro atoms. The molecule has 2 rings (SSSR count). The van der Waals surface area contributed by atoms with Crippen molar-refractivity contribution in [2.75, 3.05) is 7.05 Å². The van der Waals surface area contributed by atoms with Crippen LogP contribution in [0, 0.1) is 5.92 Å². The molecule has 1 unspecified atom stereocenters. The normalized spacial score (nSPS) is 19.9. The van der Waals surface area contributed by atoms with E-state index < -0.39 is 0 Å². The van der Waals surface area contributed by atoms with Crippen LogP contribution in [0.5, 0.6) is 0 Å². The molecule has 1 heterocycles. The molecule has 0 bridgehead atoms. The minimum atomic E-state index is 0.468. The number of rotatable bonds is 4. The zero-order valence-electron chi connectivity index (χ0n) is 10.4. The van der Waals surface area contributed by atoms with Crippen molar-refractivity contribution in [1.29, 1.82) is 0 Å². The van der Waals surface area contributed by atoms with Gasteiger partial charge in [0, 0.05) is 19.3 Å². The van der Waals surface area contributed by atoms with E-state index in [0.717, 1.165) is 5.92 Å². The van der Waals surface area contributed by atoms with Crippen LogP contribution in [0.3, 0.4) is 0 Å². The highest BCUT2D eigenvalue weighted by atomic mass is 15.3. The molecule has 0 radical (unpaired) electrons. The lowest BCUT2D eigenvalue weighted by Crippen LogP contribution is -2.23. The molecule has 90 valence electrons. The molecule has 1 saturated carbocycles. The van der Waals surface area contributed by atoms with Gasteiger partial charge in [0.25, 0.3) is 0 Å². The van der Waals surface area contributed by atoms with Gasteiger partial charge >= 0.3 is 0 Å². The summed E-state index contributed by atoms with van der Waals surface area (Å²) in [4.78, 5) is 0. The Morgan fingerprint density at radius 3 is 2.75 bits per heavy atom. The molecule has 16 heavy (non-hydrogen) atoms. The van der Waals surface area contributed by atoms with Gasteiger partial charge in [0.1, 0.15) is 0 Å². The minimum absolute atomic E-state index is 0.468. The van der Waals surface area contributed by atoms with Crippen molar-refractivity contribution >= 4 is 0 Å². The quantitative estimate of drug-likeness (QED) is 0.847. The van der Waals surface area contributed by atoms with Gasteiger partial charge in [-0.1, -0.05) is 32.1 Å². The predicted molar refractivity (Wildman–Crippen MR) is 66.2 cm³/mol. The first-order chi connectivity index (χ1) is 7.81. The Morgan fingerprint density at radius 1 is 1.44 bits per heavy atom. The number of aryl methyl sites for hydroxylation is 1. The maximum Gasteiger partial charge on any atom is 0.0550 e. The van der Waals surface area contributed by atoms with Crippen LogP contribution in [0.1, 0.15) is 50.3 Å². The number of hydrogen-bond donors (Lipinski definition) is 1. The van der Waals surface area contributed by atoms with Crippen molar-refractivity contribution < 1.29 is 0 Å². The lowest BCUT2D eigenvalue weighted by molar-refractivity contribution is 0.300. The largest absolute Gasteiger partial charge is 0.312 e. The van der Waals surface area contributed by atoms with Crippen molar-refractivity contribution in [2.45, 2.75) is 44.6 Å². The molecule has 0 aliphatic heterocycles. The summed E-state index contributed by atoms with van der Waals surface area (Å²) in [5, 5.41) is 7.69. The van der Waals surface area contributed by atoms with E-state index >= 15 is 0 Å². The molecule has 1 fully saturated rings. The number of hydrogen-bond acceptors (Lipinski definition) is 2. The van der Waals surface area contributed by atoms with Crippen molar-refractivity contribution in [3.05, 3.63) is 18.0 Å². The second kappa shape index (κ2) is 5.48. The second-order valence-electron chi connectivity index (χ2n) is 4.96. The van der Waals surface area contributed by atoms with Gasteiger partial charge in [-0.2, -0.15) is 5.10 Å². The van der Waals surface area contributed by atoms with Gasteiger partial charge in [-0.15, -0.1) is 0 Å². The van der Waals surface area contributed by atoms with E-state index in [1.54, 1.807) is 0 Å². The van der Waals surface area contributed by atoms with Crippen LogP contribution in [0.4, 0.5) is 0 Å². The predicted octanol–water partition coefficient (Wildman–Crippen LogP) is 2.65. The Morgan fingerprint density at radius 2 is 2.19 bits per heavy atom. The Hall–Kier alpha value is -0.830. The molecule has 1 aromatic rings. The van der Waals surface area contributed by atoms with E-state index in [1.807, 2.05) is 17.9 Å². The molecule has 1 aliphatic carbocycles. The molecule has 0 aromatic carbocycles. The van der Waals surface area contributed by atoms with E-state index in [0.29, 0.717) is 6.04 Å². The molecule has 1 atom stereocenters. The fraction of sp³-hybridized carbons (Fsp3) is 0.769. The maximum atomic E-state index is 4.26. The SMILES string of the molecule is CNC(CC1CCCCC1)c1ccnn1C. The summed E-state index contributed by atoms with van der Waals surface area (Å²) < 4.78 is 1.99. The van der Waals surface area contributed by atoms with Gasteiger partial charge in [-0.3, -0.25) is 4.68 Å². The molecule has 0 saturated heterocycles. The van der Waals surface area contributed by atoms with Crippen molar-refractivity contribution in [3.63, 3.8) is 0 Å². The lowest BCUT2D eigenvalue weighted by atomic mass is 9.84. The van der Waals surface area contributed by atoms with Crippen LogP contribution in [0.2, 0.25) is 0 Å². The zero-order chi connectivity index (χ0) is 11.4. The minimum Gasteiger partial charge on any atom is -0.312 e. The van der Waals surface area contributed by atoms with Gasteiger partial charge in [-0.05, 0) is 25.5 Å². The standard InChI is InChI=1S/C13H23N3/c1-14-12(13-8-9-15-16(13)2)10-11-6-4-3-5-7-11/h8-9,11-12,14H,3-7,10H2,1-2H3. The van der Waals surface area contributed by atoms with Crippen LogP contribution in [-0.2, 0) is 7.05 Å². The first-order valence-corrected chi connectivity index (χ1v) is 6.46. The van der Waals surface area contributed by atoms with Gasteiger partial charge in [0.05, 0.1) is 5.69 Å². The third kappa shape index (κ3) is 2.64. The molecule has 0 amide bonds. The fourth-order valence-corrected chi connectivity index (χ4v) is 2.87. The highest BCUT2D eigenvalue weighted by molar-refractivity contribution is 5.06. The van der Waals surface area contributed by atoms with Crippen molar-refractivity contribution in [1.82, 2.24) is 15.1 Å². The third-order valence-corrected chi connectivity index (χ3v) is 3.86. The van der Waals surface area contributed by atoms with Gasteiger partial charge in [-0.25, -0.2) is 0 Å². The molecule has 1 aromatic heterocycles. The van der Waals surface area contributed by atoms with Crippen molar-refractivity contribution in [2.24, 2.45) is 13.0 Å². The maximum absolute atomic E-state index is 4.26. The first-order valence-electron chi connectivity index (χ1n) is 6.46. The molecule has 1 N–H and O–H groups in total. The van der Waals surface area contributed by atoms with Gasteiger partial charge < -0.3 is 5.32 Å². The number of nitrogens with one attached hydrogen (secondary N) is 1. The van der Waals surface area contributed by atoms with E-state index in [1.165, 1.54) is 44.2 Å². The Kier molecular flexibility index (Phi) is 3.99. The van der Waals surface area contributed by atoms with Crippen LogP contribution in [0.25, 0.3) is 0 Å².